The van der Waals surface area contributed by atoms with Crippen molar-refractivity contribution in [3.05, 3.63) is 29.3 Å². The number of rotatable bonds is 9. The molecule has 7 nitrogen and oxygen atoms in total. The topological polar surface area (TPSA) is 92.8 Å². The van der Waals surface area contributed by atoms with Crippen molar-refractivity contribution >= 4 is 33.5 Å². The summed E-state index contributed by atoms with van der Waals surface area (Å²) < 4.78 is 32.3. The van der Waals surface area contributed by atoms with Crippen LogP contribution in [0.1, 0.15) is 27.7 Å². The van der Waals surface area contributed by atoms with Gasteiger partial charge in [-0.05, 0) is 38.0 Å². The predicted octanol–water partition coefficient (Wildman–Crippen LogP) is 2.05. The fourth-order valence-electron chi connectivity index (χ4n) is 2.22. The Morgan fingerprint density at radius 1 is 1.23 bits per heavy atom. The monoisotopic (exact) mass is 404 g/mol. The molecule has 0 bridgehead atoms. The van der Waals surface area contributed by atoms with E-state index < -0.39 is 28.6 Å². The molecule has 1 N–H and O–H groups in total. The van der Waals surface area contributed by atoms with E-state index in [2.05, 4.69) is 4.72 Å². The van der Waals surface area contributed by atoms with Gasteiger partial charge in [0.25, 0.3) is 5.91 Å². The Morgan fingerprint density at radius 2 is 1.85 bits per heavy atom. The molecule has 1 amide bonds. The van der Waals surface area contributed by atoms with Gasteiger partial charge in [0.05, 0.1) is 4.90 Å². The maximum Gasteiger partial charge on any atom is 0.324 e. The molecule has 0 unspecified atom stereocenters. The molecule has 0 heterocycles. The molecular weight excluding hydrogens is 380 g/mol. The summed E-state index contributed by atoms with van der Waals surface area (Å²) in [4.78, 5) is 25.7. The molecule has 0 aromatic heterocycles. The van der Waals surface area contributed by atoms with Gasteiger partial charge < -0.3 is 9.64 Å². The summed E-state index contributed by atoms with van der Waals surface area (Å²) in [6, 6.07) is 4.59. The van der Waals surface area contributed by atoms with Gasteiger partial charge in [0.1, 0.15) is 6.04 Å². The third-order valence-electron chi connectivity index (χ3n) is 3.76. The van der Waals surface area contributed by atoms with Crippen molar-refractivity contribution in [3.63, 3.8) is 0 Å². The first-order valence-corrected chi connectivity index (χ1v) is 10.2. The zero-order valence-corrected chi connectivity index (χ0v) is 16.9. The third kappa shape index (κ3) is 6.26. The first-order valence-electron chi connectivity index (χ1n) is 8.34. The molecule has 0 saturated carbocycles. The van der Waals surface area contributed by atoms with Crippen LogP contribution in [0.15, 0.2) is 29.2 Å². The maximum atomic E-state index is 12.5. The number of carbonyl (C=O) groups excluding carboxylic acids is 2. The zero-order valence-electron chi connectivity index (χ0n) is 15.4. The Balaban J connectivity index is 2.85. The van der Waals surface area contributed by atoms with Crippen LogP contribution in [0.2, 0.25) is 5.02 Å². The van der Waals surface area contributed by atoms with E-state index in [1.165, 1.54) is 23.1 Å². The fourth-order valence-corrected chi connectivity index (χ4v) is 3.85. The van der Waals surface area contributed by atoms with E-state index in [-0.39, 0.29) is 21.7 Å². The summed E-state index contributed by atoms with van der Waals surface area (Å²) in [6.45, 7) is 7.57. The number of halogens is 1. The lowest BCUT2D eigenvalue weighted by molar-refractivity contribution is -0.154. The smallest absolute Gasteiger partial charge is 0.324 e. The average Bonchev–Trinajstić information content (AvgIpc) is 2.58. The summed E-state index contributed by atoms with van der Waals surface area (Å²) >= 11 is 5.83. The second-order valence-electron chi connectivity index (χ2n) is 5.97. The molecule has 1 atom stereocenters. The van der Waals surface area contributed by atoms with Crippen LogP contribution in [0.5, 0.6) is 0 Å². The van der Waals surface area contributed by atoms with Gasteiger partial charge >= 0.3 is 5.97 Å². The van der Waals surface area contributed by atoms with Crippen molar-refractivity contribution in [1.82, 2.24) is 9.62 Å². The average molecular weight is 405 g/mol. The van der Waals surface area contributed by atoms with Crippen LogP contribution in [0.4, 0.5) is 0 Å². The minimum atomic E-state index is -3.97. The molecule has 1 rings (SSSR count). The van der Waals surface area contributed by atoms with Crippen molar-refractivity contribution in [2.45, 2.75) is 38.6 Å². The van der Waals surface area contributed by atoms with Crippen LogP contribution < -0.4 is 4.72 Å². The second kappa shape index (κ2) is 9.89. The molecule has 0 aliphatic carbocycles. The lowest BCUT2D eigenvalue weighted by Gasteiger charge is -2.22. The normalized spacial score (nSPS) is 12.7. The van der Waals surface area contributed by atoms with Crippen LogP contribution in [0, 0.1) is 5.92 Å². The number of hydrogen-bond acceptors (Lipinski definition) is 5. The minimum Gasteiger partial charge on any atom is -0.454 e. The van der Waals surface area contributed by atoms with Crippen molar-refractivity contribution < 1.29 is 22.7 Å². The van der Waals surface area contributed by atoms with Crippen molar-refractivity contribution in [2.24, 2.45) is 5.92 Å². The number of nitrogens with zero attached hydrogens (tertiary/aromatic N) is 1. The van der Waals surface area contributed by atoms with Gasteiger partial charge in [0.2, 0.25) is 10.0 Å². The van der Waals surface area contributed by atoms with Crippen LogP contribution in [0.3, 0.4) is 0 Å². The number of esters is 1. The highest BCUT2D eigenvalue weighted by molar-refractivity contribution is 7.89. The van der Waals surface area contributed by atoms with E-state index in [0.29, 0.717) is 13.1 Å². The van der Waals surface area contributed by atoms with Gasteiger partial charge in [-0.2, -0.15) is 4.72 Å². The molecule has 0 aliphatic heterocycles. The standard InChI is InChI=1S/C17H25ClN2O5S/c1-5-20(6-2)15(21)11-25-17(22)16(12(3)4)19-26(23,24)14-9-7-8-13(18)10-14/h7-10,12,16,19H,5-6,11H2,1-4H3/t16-/m0/s1. The Morgan fingerprint density at radius 3 is 2.35 bits per heavy atom. The highest BCUT2D eigenvalue weighted by Gasteiger charge is 2.30. The number of ether oxygens (including phenoxy) is 1. The number of nitrogens with one attached hydrogen (secondary N) is 1. The van der Waals surface area contributed by atoms with Crippen LogP contribution in [0.25, 0.3) is 0 Å². The Labute approximate surface area is 159 Å². The minimum absolute atomic E-state index is 0.0531. The zero-order chi connectivity index (χ0) is 19.9. The van der Waals surface area contributed by atoms with Crippen molar-refractivity contribution in [3.8, 4) is 0 Å². The molecule has 0 aliphatic rings. The SMILES string of the molecule is CCN(CC)C(=O)COC(=O)[C@@H](NS(=O)(=O)c1cccc(Cl)c1)C(C)C. The van der Waals surface area contributed by atoms with E-state index in [1.807, 2.05) is 13.8 Å². The van der Waals surface area contributed by atoms with Crippen molar-refractivity contribution in [1.29, 1.82) is 0 Å². The molecule has 146 valence electrons. The number of hydrogen-bond donors (Lipinski definition) is 1. The Hall–Kier alpha value is -1.64. The molecule has 0 spiro atoms. The summed E-state index contributed by atoms with van der Waals surface area (Å²) in [7, 11) is -3.97. The highest BCUT2D eigenvalue weighted by atomic mass is 35.5. The fraction of sp³-hybridized carbons (Fsp3) is 0.529. The molecule has 0 fully saturated rings. The quantitative estimate of drug-likeness (QED) is 0.636. The number of likely N-dealkylation sites (N-methyl/N-ethyl adjacent to an activating group) is 1. The molecule has 9 heteroatoms. The van der Waals surface area contributed by atoms with Gasteiger partial charge in [-0.15, -0.1) is 0 Å². The molecule has 0 saturated heterocycles. The Kier molecular flexibility index (Phi) is 8.52. The molecule has 0 radical (unpaired) electrons. The van der Waals surface area contributed by atoms with Crippen LogP contribution in [-0.2, 0) is 24.3 Å². The molecule has 1 aromatic rings. The van der Waals surface area contributed by atoms with Gasteiger partial charge in [-0.3, -0.25) is 9.59 Å². The van der Waals surface area contributed by atoms with Gasteiger partial charge in [0, 0.05) is 18.1 Å². The first-order chi connectivity index (χ1) is 12.1. The summed E-state index contributed by atoms with van der Waals surface area (Å²) in [5.41, 5.74) is 0. The second-order valence-corrected chi connectivity index (χ2v) is 8.12. The lowest BCUT2D eigenvalue weighted by Crippen LogP contribution is -2.46. The molecule has 1 aromatic carbocycles. The lowest BCUT2D eigenvalue weighted by atomic mass is 10.1. The summed E-state index contributed by atoms with van der Waals surface area (Å²) in [5, 5.41) is 0.265. The number of carbonyl (C=O) groups is 2. The number of sulfonamides is 1. The third-order valence-corrected chi connectivity index (χ3v) is 5.44. The first kappa shape index (κ1) is 22.4. The van der Waals surface area contributed by atoms with E-state index in [0.717, 1.165) is 0 Å². The van der Waals surface area contributed by atoms with E-state index in [4.69, 9.17) is 16.3 Å². The maximum absolute atomic E-state index is 12.5. The van der Waals surface area contributed by atoms with Crippen molar-refractivity contribution in [2.75, 3.05) is 19.7 Å². The van der Waals surface area contributed by atoms with Crippen LogP contribution >= 0.6 is 11.6 Å². The van der Waals surface area contributed by atoms with Crippen LogP contribution in [-0.4, -0.2) is 50.9 Å². The predicted molar refractivity (Wildman–Crippen MR) is 99.3 cm³/mol. The molecular formula is C17H25ClN2O5S. The van der Waals surface area contributed by atoms with Gasteiger partial charge in [-0.25, -0.2) is 8.42 Å². The Bertz CT molecular complexity index is 732. The number of benzene rings is 1. The summed E-state index contributed by atoms with van der Waals surface area (Å²) in [5.74, 6) is -1.50. The van der Waals surface area contributed by atoms with Gasteiger partial charge in [0.15, 0.2) is 6.61 Å². The largest absolute Gasteiger partial charge is 0.454 e. The number of amides is 1. The van der Waals surface area contributed by atoms with E-state index in [1.54, 1.807) is 19.9 Å². The molecule has 26 heavy (non-hydrogen) atoms. The van der Waals surface area contributed by atoms with E-state index >= 15 is 0 Å². The van der Waals surface area contributed by atoms with Gasteiger partial charge in [-0.1, -0.05) is 31.5 Å². The summed E-state index contributed by atoms with van der Waals surface area (Å²) in [6.07, 6.45) is 0. The highest BCUT2D eigenvalue weighted by Crippen LogP contribution is 2.17. The van der Waals surface area contributed by atoms with E-state index in [9.17, 15) is 18.0 Å².